The van der Waals surface area contributed by atoms with E-state index in [9.17, 15) is 0 Å². The molecule has 0 bridgehead atoms. The SMILES string of the molecule is CCCOc1ccccc1Oc1cnccc1CN. The van der Waals surface area contributed by atoms with Gasteiger partial charge in [0.15, 0.2) is 11.5 Å². The monoisotopic (exact) mass is 258 g/mol. The van der Waals surface area contributed by atoms with E-state index >= 15 is 0 Å². The molecule has 0 saturated heterocycles. The molecule has 0 amide bonds. The van der Waals surface area contributed by atoms with Crippen molar-refractivity contribution in [2.45, 2.75) is 19.9 Å². The van der Waals surface area contributed by atoms with Crippen LogP contribution in [0.3, 0.4) is 0 Å². The highest BCUT2D eigenvalue weighted by Gasteiger charge is 2.08. The molecule has 19 heavy (non-hydrogen) atoms. The van der Waals surface area contributed by atoms with E-state index in [0.29, 0.717) is 24.7 Å². The molecular weight excluding hydrogens is 240 g/mol. The van der Waals surface area contributed by atoms with Crippen LogP contribution >= 0.6 is 0 Å². The normalized spacial score (nSPS) is 10.2. The van der Waals surface area contributed by atoms with Crippen LogP contribution in [0.1, 0.15) is 18.9 Å². The van der Waals surface area contributed by atoms with Crippen LogP contribution in [0.15, 0.2) is 42.7 Å². The fraction of sp³-hybridized carbons (Fsp3) is 0.267. The predicted octanol–water partition coefficient (Wildman–Crippen LogP) is 3.12. The van der Waals surface area contributed by atoms with Crippen LogP contribution in [-0.2, 0) is 6.54 Å². The zero-order valence-electron chi connectivity index (χ0n) is 11.0. The molecule has 0 unspecified atom stereocenters. The van der Waals surface area contributed by atoms with E-state index in [4.69, 9.17) is 15.2 Å². The van der Waals surface area contributed by atoms with Gasteiger partial charge in [0.2, 0.25) is 0 Å². The van der Waals surface area contributed by atoms with Gasteiger partial charge in [0.25, 0.3) is 0 Å². The Hall–Kier alpha value is -2.07. The van der Waals surface area contributed by atoms with Crippen molar-refractivity contribution < 1.29 is 9.47 Å². The van der Waals surface area contributed by atoms with E-state index in [-0.39, 0.29) is 0 Å². The lowest BCUT2D eigenvalue weighted by Crippen LogP contribution is -2.01. The number of rotatable bonds is 6. The van der Waals surface area contributed by atoms with Crippen molar-refractivity contribution in [2.75, 3.05) is 6.61 Å². The minimum Gasteiger partial charge on any atom is -0.490 e. The van der Waals surface area contributed by atoms with Crippen LogP contribution in [0.25, 0.3) is 0 Å². The van der Waals surface area contributed by atoms with E-state index < -0.39 is 0 Å². The zero-order valence-corrected chi connectivity index (χ0v) is 11.0. The predicted molar refractivity (Wildman–Crippen MR) is 74.4 cm³/mol. The number of benzene rings is 1. The number of pyridine rings is 1. The second-order valence-electron chi connectivity index (χ2n) is 4.08. The Morgan fingerprint density at radius 2 is 1.89 bits per heavy atom. The second-order valence-corrected chi connectivity index (χ2v) is 4.08. The Labute approximate surface area is 113 Å². The summed E-state index contributed by atoms with van der Waals surface area (Å²) in [6.07, 6.45) is 4.32. The van der Waals surface area contributed by atoms with Crippen molar-refractivity contribution in [3.05, 3.63) is 48.3 Å². The summed E-state index contributed by atoms with van der Waals surface area (Å²) in [4.78, 5) is 4.06. The van der Waals surface area contributed by atoms with Gasteiger partial charge in [-0.2, -0.15) is 0 Å². The number of ether oxygens (including phenoxy) is 2. The van der Waals surface area contributed by atoms with Gasteiger partial charge in [-0.3, -0.25) is 4.98 Å². The first-order valence-corrected chi connectivity index (χ1v) is 6.37. The molecule has 0 radical (unpaired) electrons. The summed E-state index contributed by atoms with van der Waals surface area (Å²) >= 11 is 0. The van der Waals surface area contributed by atoms with Gasteiger partial charge >= 0.3 is 0 Å². The molecule has 100 valence electrons. The van der Waals surface area contributed by atoms with E-state index in [1.54, 1.807) is 12.4 Å². The van der Waals surface area contributed by atoms with Crippen molar-refractivity contribution >= 4 is 0 Å². The highest BCUT2D eigenvalue weighted by atomic mass is 16.5. The van der Waals surface area contributed by atoms with Crippen molar-refractivity contribution in [1.29, 1.82) is 0 Å². The summed E-state index contributed by atoms with van der Waals surface area (Å²) in [7, 11) is 0. The van der Waals surface area contributed by atoms with Crippen LogP contribution in [0.4, 0.5) is 0 Å². The van der Waals surface area contributed by atoms with E-state index in [1.165, 1.54) is 0 Å². The summed E-state index contributed by atoms with van der Waals surface area (Å²) < 4.78 is 11.5. The Morgan fingerprint density at radius 1 is 1.11 bits per heavy atom. The first-order chi connectivity index (χ1) is 9.35. The lowest BCUT2D eigenvalue weighted by molar-refractivity contribution is 0.301. The third-order valence-electron chi connectivity index (χ3n) is 2.62. The van der Waals surface area contributed by atoms with Gasteiger partial charge in [-0.05, 0) is 24.6 Å². The van der Waals surface area contributed by atoms with Crippen LogP contribution in [-0.4, -0.2) is 11.6 Å². The molecule has 0 aliphatic carbocycles. The summed E-state index contributed by atoms with van der Waals surface area (Å²) in [5.74, 6) is 2.08. The summed E-state index contributed by atoms with van der Waals surface area (Å²) in [6.45, 7) is 3.14. The fourth-order valence-corrected chi connectivity index (χ4v) is 1.65. The van der Waals surface area contributed by atoms with E-state index in [0.717, 1.165) is 17.7 Å². The topological polar surface area (TPSA) is 57.4 Å². The molecule has 4 heteroatoms. The fourth-order valence-electron chi connectivity index (χ4n) is 1.65. The lowest BCUT2D eigenvalue weighted by Gasteiger charge is -2.13. The standard InChI is InChI=1S/C15H18N2O2/c1-2-9-18-13-5-3-4-6-14(13)19-15-11-17-8-7-12(15)10-16/h3-8,11H,2,9-10,16H2,1H3. The van der Waals surface area contributed by atoms with Gasteiger partial charge in [0.1, 0.15) is 5.75 Å². The molecular formula is C15H18N2O2. The first-order valence-electron chi connectivity index (χ1n) is 6.37. The minimum absolute atomic E-state index is 0.413. The maximum atomic E-state index is 5.86. The number of aromatic nitrogens is 1. The van der Waals surface area contributed by atoms with Crippen LogP contribution in [0.2, 0.25) is 0 Å². The van der Waals surface area contributed by atoms with Gasteiger partial charge in [0, 0.05) is 18.3 Å². The molecule has 1 aromatic carbocycles. The maximum Gasteiger partial charge on any atom is 0.169 e. The molecule has 1 heterocycles. The van der Waals surface area contributed by atoms with Crippen molar-refractivity contribution in [1.82, 2.24) is 4.98 Å². The van der Waals surface area contributed by atoms with Gasteiger partial charge in [-0.1, -0.05) is 19.1 Å². The molecule has 0 spiro atoms. The summed E-state index contributed by atoms with van der Waals surface area (Å²) in [5.41, 5.74) is 6.60. The third-order valence-corrected chi connectivity index (χ3v) is 2.62. The quantitative estimate of drug-likeness (QED) is 0.864. The maximum absolute atomic E-state index is 5.86. The molecule has 0 atom stereocenters. The molecule has 2 aromatic rings. The van der Waals surface area contributed by atoms with Crippen LogP contribution in [0.5, 0.6) is 17.2 Å². The summed E-state index contributed by atoms with van der Waals surface area (Å²) in [5, 5.41) is 0. The average Bonchev–Trinajstić information content (AvgIpc) is 2.47. The number of nitrogens with zero attached hydrogens (tertiary/aromatic N) is 1. The Kier molecular flexibility index (Phi) is 4.75. The third kappa shape index (κ3) is 3.45. The number of nitrogens with two attached hydrogens (primary N) is 1. The van der Waals surface area contributed by atoms with Crippen molar-refractivity contribution in [2.24, 2.45) is 5.73 Å². The Bertz CT molecular complexity index is 529. The molecule has 2 rings (SSSR count). The van der Waals surface area contributed by atoms with Crippen molar-refractivity contribution in [3.8, 4) is 17.2 Å². The van der Waals surface area contributed by atoms with Gasteiger partial charge < -0.3 is 15.2 Å². The Morgan fingerprint density at radius 3 is 2.63 bits per heavy atom. The van der Waals surface area contributed by atoms with Crippen LogP contribution < -0.4 is 15.2 Å². The lowest BCUT2D eigenvalue weighted by atomic mass is 10.2. The number of hydrogen-bond donors (Lipinski definition) is 1. The number of para-hydroxylation sites is 2. The molecule has 1 aromatic heterocycles. The smallest absolute Gasteiger partial charge is 0.169 e. The second kappa shape index (κ2) is 6.75. The highest BCUT2D eigenvalue weighted by Crippen LogP contribution is 2.32. The minimum atomic E-state index is 0.413. The van der Waals surface area contributed by atoms with Gasteiger partial charge in [0.05, 0.1) is 12.8 Å². The zero-order chi connectivity index (χ0) is 13.5. The van der Waals surface area contributed by atoms with Gasteiger partial charge in [-0.15, -0.1) is 0 Å². The molecule has 0 aliphatic rings. The summed E-state index contributed by atoms with van der Waals surface area (Å²) in [6, 6.07) is 9.45. The Balaban J connectivity index is 2.22. The first kappa shape index (κ1) is 13.4. The highest BCUT2D eigenvalue weighted by molar-refractivity contribution is 5.44. The van der Waals surface area contributed by atoms with E-state index in [1.807, 2.05) is 30.3 Å². The average molecular weight is 258 g/mol. The van der Waals surface area contributed by atoms with E-state index in [2.05, 4.69) is 11.9 Å². The van der Waals surface area contributed by atoms with Crippen molar-refractivity contribution in [3.63, 3.8) is 0 Å². The van der Waals surface area contributed by atoms with Crippen LogP contribution in [0, 0.1) is 0 Å². The molecule has 0 aliphatic heterocycles. The molecule has 0 fully saturated rings. The number of hydrogen-bond acceptors (Lipinski definition) is 4. The largest absolute Gasteiger partial charge is 0.490 e. The molecule has 4 nitrogen and oxygen atoms in total. The molecule has 2 N–H and O–H groups in total. The molecule has 0 saturated carbocycles. The van der Waals surface area contributed by atoms with Gasteiger partial charge in [-0.25, -0.2) is 0 Å².